The third-order valence-corrected chi connectivity index (χ3v) is 8.66. The van der Waals surface area contributed by atoms with Crippen LogP contribution in [0, 0.1) is 0 Å². The fourth-order valence-corrected chi connectivity index (χ4v) is 7.06. The molecule has 7 aromatic carbocycles. The third kappa shape index (κ3) is 2.85. The van der Waals surface area contributed by atoms with Gasteiger partial charge >= 0.3 is 0 Å². The molecule has 186 valence electrons. The summed E-state index contributed by atoms with van der Waals surface area (Å²) in [5, 5.41) is 7.82. The van der Waals surface area contributed by atoms with Gasteiger partial charge in [0.2, 0.25) is 0 Å². The Labute approximate surface area is 231 Å². The lowest BCUT2D eigenvalue weighted by atomic mass is 9.86. The maximum atomic E-state index is 5.38. The van der Waals surface area contributed by atoms with Crippen molar-refractivity contribution in [2.24, 2.45) is 0 Å². The molecule has 0 saturated carbocycles. The highest BCUT2D eigenvalue weighted by Gasteiger charge is 2.36. The van der Waals surface area contributed by atoms with Gasteiger partial charge in [-0.2, -0.15) is 0 Å². The molecule has 40 heavy (non-hydrogen) atoms. The van der Waals surface area contributed by atoms with Gasteiger partial charge < -0.3 is 0 Å². The Morgan fingerprint density at radius 2 is 1.07 bits per heavy atom. The van der Waals surface area contributed by atoms with E-state index in [2.05, 4.69) is 144 Å². The van der Waals surface area contributed by atoms with Gasteiger partial charge in [0.25, 0.3) is 0 Å². The van der Waals surface area contributed by atoms with Crippen molar-refractivity contribution in [3.8, 4) is 16.8 Å². The quantitative estimate of drug-likeness (QED) is 0.213. The van der Waals surface area contributed by atoms with Crippen LogP contribution in [0.15, 0.2) is 140 Å². The molecule has 0 spiro atoms. The molecule has 0 aliphatic heterocycles. The Morgan fingerprint density at radius 3 is 1.88 bits per heavy atom. The topological polar surface area (TPSA) is 17.8 Å². The molecule has 9 rings (SSSR count). The van der Waals surface area contributed by atoms with Gasteiger partial charge in [0, 0.05) is 5.69 Å². The lowest BCUT2D eigenvalue weighted by Crippen LogP contribution is -2.09. The van der Waals surface area contributed by atoms with Crippen molar-refractivity contribution in [2.45, 2.75) is 5.92 Å². The molecule has 2 heteroatoms. The largest absolute Gasteiger partial charge is 0.295 e. The fraction of sp³-hybridized carbons (Fsp3) is 0.0263. The predicted molar refractivity (Wildman–Crippen MR) is 166 cm³/mol. The molecule has 1 aromatic heterocycles. The van der Waals surface area contributed by atoms with Gasteiger partial charge in [-0.05, 0) is 78.8 Å². The van der Waals surface area contributed by atoms with Gasteiger partial charge in [-0.1, -0.05) is 115 Å². The van der Waals surface area contributed by atoms with Gasteiger partial charge in [0.05, 0.1) is 17.0 Å². The lowest BCUT2D eigenvalue weighted by Gasteiger charge is -2.20. The molecule has 1 aliphatic rings. The summed E-state index contributed by atoms with van der Waals surface area (Å²) in [4.78, 5) is 5.38. The van der Waals surface area contributed by atoms with Crippen LogP contribution in [0.5, 0.6) is 0 Å². The van der Waals surface area contributed by atoms with Crippen molar-refractivity contribution in [2.75, 3.05) is 0 Å². The van der Waals surface area contributed by atoms with E-state index in [0.29, 0.717) is 0 Å². The van der Waals surface area contributed by atoms with E-state index >= 15 is 0 Å². The lowest BCUT2D eigenvalue weighted by molar-refractivity contribution is 0.856. The minimum atomic E-state index is -0.00734. The Hall–Kier alpha value is -5.21. The van der Waals surface area contributed by atoms with Crippen LogP contribution < -0.4 is 0 Å². The first kappa shape index (κ1) is 21.7. The molecule has 0 bridgehead atoms. The number of aromatic nitrogens is 2. The van der Waals surface area contributed by atoms with E-state index in [1.807, 2.05) is 0 Å². The van der Waals surface area contributed by atoms with Crippen molar-refractivity contribution in [1.29, 1.82) is 0 Å². The maximum Gasteiger partial charge on any atom is 0.126 e. The second-order valence-corrected chi connectivity index (χ2v) is 10.7. The van der Waals surface area contributed by atoms with Crippen molar-refractivity contribution in [3.63, 3.8) is 0 Å². The second-order valence-electron chi connectivity index (χ2n) is 10.7. The minimum Gasteiger partial charge on any atom is -0.295 e. The van der Waals surface area contributed by atoms with Crippen LogP contribution in [0.2, 0.25) is 0 Å². The number of hydrogen-bond donors (Lipinski definition) is 0. The van der Waals surface area contributed by atoms with Gasteiger partial charge in [-0.15, -0.1) is 0 Å². The van der Waals surface area contributed by atoms with E-state index in [9.17, 15) is 0 Å². The summed E-state index contributed by atoms with van der Waals surface area (Å²) in [5.41, 5.74) is 8.55. The average molecular weight is 509 g/mol. The van der Waals surface area contributed by atoms with Crippen LogP contribution in [0.25, 0.3) is 60.2 Å². The Morgan fingerprint density at radius 1 is 0.475 bits per heavy atom. The average Bonchev–Trinajstić information content (AvgIpc) is 3.57. The standard InChI is InChI=1S/C38H24N2/c1-2-12-24(13-3-1)40-34-21-11-10-20-33(34)39-38(40)37-30-19-9-7-17-28(30)32-23-22-31-27-16-5-4-14-25(27)26-15-6-8-18-29(26)35(31)36(32)37/h1-23,37H. The first-order valence-electron chi connectivity index (χ1n) is 13.9. The van der Waals surface area contributed by atoms with Crippen LogP contribution in [0.4, 0.5) is 0 Å². The number of imidazole rings is 1. The molecule has 1 atom stereocenters. The summed E-state index contributed by atoms with van der Waals surface area (Å²) in [6, 6.07) is 50.5. The summed E-state index contributed by atoms with van der Waals surface area (Å²) in [6.07, 6.45) is 0. The summed E-state index contributed by atoms with van der Waals surface area (Å²) >= 11 is 0. The zero-order valence-electron chi connectivity index (χ0n) is 21.8. The van der Waals surface area contributed by atoms with Crippen LogP contribution in [0.3, 0.4) is 0 Å². The second kappa shape index (κ2) is 8.14. The van der Waals surface area contributed by atoms with Crippen LogP contribution in [0.1, 0.15) is 22.9 Å². The fourth-order valence-electron chi connectivity index (χ4n) is 7.06. The van der Waals surface area contributed by atoms with Gasteiger partial charge in [-0.25, -0.2) is 4.98 Å². The molecule has 8 aromatic rings. The van der Waals surface area contributed by atoms with Crippen LogP contribution in [-0.2, 0) is 0 Å². The monoisotopic (exact) mass is 508 g/mol. The molecule has 0 N–H and O–H groups in total. The third-order valence-electron chi connectivity index (χ3n) is 8.66. The summed E-state index contributed by atoms with van der Waals surface area (Å²) in [6.45, 7) is 0. The van der Waals surface area contributed by atoms with E-state index in [1.54, 1.807) is 0 Å². The molecule has 2 nitrogen and oxygen atoms in total. The highest BCUT2D eigenvalue weighted by molar-refractivity contribution is 6.27. The minimum absolute atomic E-state index is 0.00734. The zero-order valence-corrected chi connectivity index (χ0v) is 21.8. The Balaban J connectivity index is 1.49. The van der Waals surface area contributed by atoms with Crippen molar-refractivity contribution in [1.82, 2.24) is 9.55 Å². The first-order valence-corrected chi connectivity index (χ1v) is 13.9. The summed E-state index contributed by atoms with van der Waals surface area (Å²) < 4.78 is 2.37. The molecule has 0 saturated heterocycles. The number of nitrogens with zero attached hydrogens (tertiary/aromatic N) is 2. The Kier molecular flexibility index (Phi) is 4.42. The molecular formula is C38H24N2. The van der Waals surface area contributed by atoms with Gasteiger partial charge in [0.1, 0.15) is 5.82 Å². The van der Waals surface area contributed by atoms with Gasteiger partial charge in [0.15, 0.2) is 0 Å². The zero-order chi connectivity index (χ0) is 26.2. The Bertz CT molecular complexity index is 2240. The summed E-state index contributed by atoms with van der Waals surface area (Å²) in [5.74, 6) is 1.05. The number of fused-ring (bicyclic) bond motifs is 11. The highest BCUT2D eigenvalue weighted by atomic mass is 15.1. The van der Waals surface area contributed by atoms with Crippen molar-refractivity contribution >= 4 is 43.4 Å². The maximum absolute atomic E-state index is 5.38. The van der Waals surface area contributed by atoms with Crippen molar-refractivity contribution < 1.29 is 0 Å². The van der Waals surface area contributed by atoms with E-state index in [4.69, 9.17) is 4.98 Å². The van der Waals surface area contributed by atoms with E-state index in [0.717, 1.165) is 22.5 Å². The highest BCUT2D eigenvalue weighted by Crippen LogP contribution is 2.53. The van der Waals surface area contributed by atoms with Crippen LogP contribution in [-0.4, -0.2) is 9.55 Å². The number of para-hydroxylation sites is 3. The number of rotatable bonds is 2. The summed E-state index contributed by atoms with van der Waals surface area (Å²) in [7, 11) is 0. The smallest absolute Gasteiger partial charge is 0.126 e. The molecule has 0 amide bonds. The van der Waals surface area contributed by atoms with Crippen molar-refractivity contribution in [3.05, 3.63) is 156 Å². The number of benzene rings is 7. The molecule has 1 unspecified atom stereocenters. The van der Waals surface area contributed by atoms with E-state index in [-0.39, 0.29) is 5.92 Å². The van der Waals surface area contributed by atoms with Crippen LogP contribution >= 0.6 is 0 Å². The molecule has 0 radical (unpaired) electrons. The number of hydrogen-bond acceptors (Lipinski definition) is 1. The van der Waals surface area contributed by atoms with Gasteiger partial charge in [-0.3, -0.25) is 4.57 Å². The molecule has 1 heterocycles. The molecule has 0 fully saturated rings. The predicted octanol–water partition coefficient (Wildman–Crippen LogP) is 9.65. The SMILES string of the molecule is c1ccc(-n2c(C3c4ccccc4-c4ccc5c6ccccc6c6ccccc6c5c43)nc3ccccc32)cc1. The van der Waals surface area contributed by atoms with E-state index in [1.165, 1.54) is 54.6 Å². The normalized spacial score (nSPS) is 14.2. The molecular weight excluding hydrogens is 484 g/mol. The van der Waals surface area contributed by atoms with E-state index < -0.39 is 0 Å². The first-order chi connectivity index (χ1) is 19.9. The molecule has 1 aliphatic carbocycles.